The molecule has 6 heteroatoms. The van der Waals surface area contributed by atoms with E-state index >= 15 is 0 Å². The van der Waals surface area contributed by atoms with E-state index in [0.717, 1.165) is 25.8 Å². The van der Waals surface area contributed by atoms with Gasteiger partial charge in [-0.3, -0.25) is 9.59 Å². The largest absolute Gasteiger partial charge is 0.352 e. The molecule has 1 saturated heterocycles. The third-order valence-electron chi connectivity index (χ3n) is 3.77. The minimum Gasteiger partial charge on any atom is -0.352 e. The molecule has 0 spiro atoms. The fourth-order valence-electron chi connectivity index (χ4n) is 2.39. The first-order chi connectivity index (χ1) is 9.25. The van der Waals surface area contributed by atoms with Crippen molar-refractivity contribution in [3.8, 4) is 0 Å². The van der Waals surface area contributed by atoms with Gasteiger partial charge in [0.2, 0.25) is 11.8 Å². The Balaban J connectivity index is 0.00000400. The van der Waals surface area contributed by atoms with Crippen LogP contribution < -0.4 is 11.1 Å². The maximum Gasteiger partial charge on any atom is 0.240 e. The highest BCUT2D eigenvalue weighted by molar-refractivity contribution is 5.85. The Morgan fingerprint density at radius 1 is 1.38 bits per heavy atom. The Hall–Kier alpha value is -0.810. The van der Waals surface area contributed by atoms with Gasteiger partial charge >= 0.3 is 0 Å². The van der Waals surface area contributed by atoms with Gasteiger partial charge in [0.05, 0.1) is 6.04 Å². The molecule has 0 aliphatic carbocycles. The van der Waals surface area contributed by atoms with E-state index in [1.54, 1.807) is 4.90 Å². The van der Waals surface area contributed by atoms with Gasteiger partial charge in [-0.15, -0.1) is 12.4 Å². The number of hydrogen-bond donors (Lipinski definition) is 2. The van der Waals surface area contributed by atoms with Crippen molar-refractivity contribution in [2.24, 2.45) is 11.1 Å². The molecule has 5 nitrogen and oxygen atoms in total. The Morgan fingerprint density at radius 2 is 2.00 bits per heavy atom. The number of piperidine rings is 1. The molecule has 0 aromatic rings. The van der Waals surface area contributed by atoms with Gasteiger partial charge in [0.1, 0.15) is 0 Å². The molecule has 0 aromatic heterocycles. The van der Waals surface area contributed by atoms with Crippen molar-refractivity contribution in [3.63, 3.8) is 0 Å². The van der Waals surface area contributed by atoms with Crippen LogP contribution in [0.3, 0.4) is 0 Å². The summed E-state index contributed by atoms with van der Waals surface area (Å²) in [7, 11) is 0. The average molecular weight is 320 g/mol. The number of nitrogens with one attached hydrogen (secondary N) is 1. The van der Waals surface area contributed by atoms with Crippen LogP contribution in [0.15, 0.2) is 0 Å². The fraction of sp³-hybridized carbons (Fsp3) is 0.867. The molecular weight excluding hydrogens is 290 g/mol. The molecule has 0 bridgehead atoms. The second kappa shape index (κ2) is 8.59. The third-order valence-corrected chi connectivity index (χ3v) is 3.77. The molecule has 0 radical (unpaired) electrons. The SMILES string of the molecule is CCCC(=O)NC1CCCN(C(=O)[C@@H](N)C(C)(C)C)C1.Cl. The Labute approximate surface area is 134 Å². The van der Waals surface area contributed by atoms with Crippen LogP contribution in [0, 0.1) is 5.41 Å². The van der Waals surface area contributed by atoms with Crippen LogP contribution in [-0.4, -0.2) is 41.9 Å². The van der Waals surface area contributed by atoms with Gasteiger partial charge in [-0.25, -0.2) is 0 Å². The second-order valence-electron chi connectivity index (χ2n) is 6.78. The van der Waals surface area contributed by atoms with Crippen molar-refractivity contribution in [2.45, 2.75) is 65.5 Å². The van der Waals surface area contributed by atoms with Crippen LogP contribution in [0.25, 0.3) is 0 Å². The van der Waals surface area contributed by atoms with Crippen molar-refractivity contribution < 1.29 is 9.59 Å². The Bertz CT molecular complexity index is 355. The van der Waals surface area contributed by atoms with Gasteiger partial charge in [0.25, 0.3) is 0 Å². The van der Waals surface area contributed by atoms with Gasteiger partial charge in [0, 0.05) is 25.6 Å². The number of carbonyl (C=O) groups excluding carboxylic acids is 2. The van der Waals surface area contributed by atoms with E-state index in [9.17, 15) is 9.59 Å². The highest BCUT2D eigenvalue weighted by atomic mass is 35.5. The summed E-state index contributed by atoms with van der Waals surface area (Å²) in [6, 6.07) is -0.425. The molecule has 2 atom stereocenters. The number of likely N-dealkylation sites (tertiary alicyclic amines) is 1. The zero-order valence-corrected chi connectivity index (χ0v) is 14.5. The summed E-state index contributed by atoms with van der Waals surface area (Å²) in [5.74, 6) is 0.0684. The van der Waals surface area contributed by atoms with E-state index in [2.05, 4.69) is 5.32 Å². The molecule has 1 fully saturated rings. The van der Waals surface area contributed by atoms with Crippen LogP contribution in [0.1, 0.15) is 53.4 Å². The number of nitrogens with two attached hydrogens (primary N) is 1. The molecular formula is C15H30ClN3O2. The fourth-order valence-corrected chi connectivity index (χ4v) is 2.39. The molecule has 1 aliphatic heterocycles. The van der Waals surface area contributed by atoms with Crippen LogP contribution in [-0.2, 0) is 9.59 Å². The zero-order chi connectivity index (χ0) is 15.3. The maximum absolute atomic E-state index is 12.4. The van der Waals surface area contributed by atoms with Gasteiger partial charge in [-0.2, -0.15) is 0 Å². The topological polar surface area (TPSA) is 75.4 Å². The summed E-state index contributed by atoms with van der Waals surface area (Å²) in [5, 5.41) is 3.01. The monoisotopic (exact) mass is 319 g/mol. The highest BCUT2D eigenvalue weighted by Crippen LogP contribution is 2.21. The van der Waals surface area contributed by atoms with Crippen LogP contribution >= 0.6 is 12.4 Å². The summed E-state index contributed by atoms with van der Waals surface area (Å²) in [5.41, 5.74) is 5.80. The number of nitrogens with zero attached hydrogens (tertiary/aromatic N) is 1. The first kappa shape index (κ1) is 20.2. The van der Waals surface area contributed by atoms with E-state index in [4.69, 9.17) is 5.73 Å². The molecule has 21 heavy (non-hydrogen) atoms. The van der Waals surface area contributed by atoms with Crippen molar-refractivity contribution in [1.82, 2.24) is 10.2 Å². The molecule has 1 unspecified atom stereocenters. The third kappa shape index (κ3) is 6.22. The number of amides is 2. The average Bonchev–Trinajstić information content (AvgIpc) is 2.36. The summed E-state index contributed by atoms with van der Waals surface area (Å²) >= 11 is 0. The number of hydrogen-bond acceptors (Lipinski definition) is 3. The summed E-state index contributed by atoms with van der Waals surface area (Å²) < 4.78 is 0. The molecule has 0 saturated carbocycles. The predicted octanol–water partition coefficient (Wildman–Crippen LogP) is 1.69. The lowest BCUT2D eigenvalue weighted by atomic mass is 9.86. The van der Waals surface area contributed by atoms with Crippen molar-refractivity contribution >= 4 is 24.2 Å². The van der Waals surface area contributed by atoms with Crippen molar-refractivity contribution in [1.29, 1.82) is 0 Å². The molecule has 1 aliphatic rings. The number of rotatable bonds is 4. The van der Waals surface area contributed by atoms with E-state index in [0.29, 0.717) is 13.0 Å². The zero-order valence-electron chi connectivity index (χ0n) is 13.6. The maximum atomic E-state index is 12.4. The quantitative estimate of drug-likeness (QED) is 0.828. The minimum absolute atomic E-state index is 0. The lowest BCUT2D eigenvalue weighted by Gasteiger charge is -2.37. The van der Waals surface area contributed by atoms with Gasteiger partial charge < -0.3 is 16.0 Å². The van der Waals surface area contributed by atoms with Gasteiger partial charge in [-0.1, -0.05) is 27.7 Å². The molecule has 1 rings (SSSR count). The predicted molar refractivity (Wildman–Crippen MR) is 87.3 cm³/mol. The Morgan fingerprint density at radius 3 is 2.52 bits per heavy atom. The number of carbonyl (C=O) groups is 2. The van der Waals surface area contributed by atoms with Crippen molar-refractivity contribution in [2.75, 3.05) is 13.1 Å². The van der Waals surface area contributed by atoms with Crippen LogP contribution in [0.2, 0.25) is 0 Å². The first-order valence-electron chi connectivity index (χ1n) is 7.59. The Kier molecular flexibility index (Phi) is 8.26. The molecule has 0 aromatic carbocycles. The standard InChI is InChI=1S/C15H29N3O2.ClH/c1-5-7-12(19)17-11-8-6-9-18(10-11)14(20)13(16)15(2,3)4;/h11,13H,5-10,16H2,1-4H3,(H,17,19);1H/t11?,13-;/m1./s1. The summed E-state index contributed by atoms with van der Waals surface area (Å²) in [6.07, 6.45) is 3.24. The second-order valence-corrected chi connectivity index (χ2v) is 6.78. The van der Waals surface area contributed by atoms with E-state index < -0.39 is 6.04 Å². The molecule has 124 valence electrons. The highest BCUT2D eigenvalue weighted by Gasteiger charge is 2.33. The first-order valence-corrected chi connectivity index (χ1v) is 7.59. The van der Waals surface area contributed by atoms with Crippen LogP contribution in [0.5, 0.6) is 0 Å². The van der Waals surface area contributed by atoms with E-state index in [1.165, 1.54) is 0 Å². The van der Waals surface area contributed by atoms with E-state index in [-0.39, 0.29) is 35.7 Å². The lowest BCUT2D eigenvalue weighted by molar-refractivity contribution is -0.137. The van der Waals surface area contributed by atoms with E-state index in [1.807, 2.05) is 27.7 Å². The van der Waals surface area contributed by atoms with Crippen molar-refractivity contribution in [3.05, 3.63) is 0 Å². The lowest BCUT2D eigenvalue weighted by Crippen LogP contribution is -2.56. The summed E-state index contributed by atoms with van der Waals surface area (Å²) in [4.78, 5) is 25.8. The normalized spacial score (nSPS) is 20.4. The smallest absolute Gasteiger partial charge is 0.240 e. The summed E-state index contributed by atoms with van der Waals surface area (Å²) in [6.45, 7) is 9.22. The number of halogens is 1. The molecule has 2 amide bonds. The molecule has 3 N–H and O–H groups in total. The minimum atomic E-state index is -0.493. The van der Waals surface area contributed by atoms with Crippen LogP contribution in [0.4, 0.5) is 0 Å². The molecule has 1 heterocycles. The van der Waals surface area contributed by atoms with Gasteiger partial charge in [-0.05, 0) is 24.7 Å². The van der Waals surface area contributed by atoms with Gasteiger partial charge in [0.15, 0.2) is 0 Å².